The maximum atomic E-state index is 12.5. The van der Waals surface area contributed by atoms with Crippen LogP contribution in [-0.4, -0.2) is 50.4 Å². The van der Waals surface area contributed by atoms with Crippen LogP contribution in [0.2, 0.25) is 0 Å². The van der Waals surface area contributed by atoms with E-state index in [1.165, 1.54) is 5.56 Å². The van der Waals surface area contributed by atoms with E-state index >= 15 is 0 Å². The van der Waals surface area contributed by atoms with Gasteiger partial charge in [-0.15, -0.1) is 0 Å². The molecule has 126 valence electrons. The quantitative estimate of drug-likeness (QED) is 0.815. The molecule has 0 aliphatic carbocycles. The summed E-state index contributed by atoms with van der Waals surface area (Å²) in [6, 6.07) is 8.05. The summed E-state index contributed by atoms with van der Waals surface area (Å²) in [5, 5.41) is 2.85. The van der Waals surface area contributed by atoms with E-state index < -0.39 is 5.92 Å². The SMILES string of the molecule is CC(C)c1ccc(N2CCC(C(=O)NCCN(C)C)C2=O)cc1. The average molecular weight is 317 g/mol. The van der Waals surface area contributed by atoms with Gasteiger partial charge in [0.15, 0.2) is 0 Å². The van der Waals surface area contributed by atoms with Gasteiger partial charge >= 0.3 is 0 Å². The molecule has 1 heterocycles. The number of likely N-dealkylation sites (N-methyl/N-ethyl adjacent to an activating group) is 1. The highest BCUT2D eigenvalue weighted by atomic mass is 16.2. The Bertz CT molecular complexity index is 552. The molecular weight excluding hydrogens is 290 g/mol. The normalized spacial score (nSPS) is 18.1. The number of anilines is 1. The number of benzene rings is 1. The first kappa shape index (κ1) is 17.5. The van der Waals surface area contributed by atoms with Crippen molar-refractivity contribution >= 4 is 17.5 Å². The summed E-state index contributed by atoms with van der Waals surface area (Å²) < 4.78 is 0. The van der Waals surface area contributed by atoms with E-state index in [0.29, 0.717) is 25.4 Å². The summed E-state index contributed by atoms with van der Waals surface area (Å²) in [6.07, 6.45) is 0.582. The molecule has 0 radical (unpaired) electrons. The van der Waals surface area contributed by atoms with Gasteiger partial charge in [0, 0.05) is 25.3 Å². The molecule has 1 aliphatic heterocycles. The molecule has 1 unspecified atom stereocenters. The molecule has 2 amide bonds. The van der Waals surface area contributed by atoms with Gasteiger partial charge in [0.1, 0.15) is 5.92 Å². The van der Waals surface area contributed by atoms with Crippen LogP contribution in [0.3, 0.4) is 0 Å². The van der Waals surface area contributed by atoms with E-state index in [2.05, 4.69) is 31.3 Å². The fourth-order valence-electron chi connectivity index (χ4n) is 2.74. The van der Waals surface area contributed by atoms with Crippen LogP contribution in [0, 0.1) is 5.92 Å². The standard InChI is InChI=1S/C18H27N3O2/c1-13(2)14-5-7-15(8-6-14)21-11-9-16(18(21)23)17(22)19-10-12-20(3)4/h5-8,13,16H,9-12H2,1-4H3,(H,19,22). The summed E-state index contributed by atoms with van der Waals surface area (Å²) in [5.41, 5.74) is 2.13. The van der Waals surface area contributed by atoms with Crippen molar-refractivity contribution in [2.45, 2.75) is 26.2 Å². The Morgan fingerprint density at radius 3 is 2.52 bits per heavy atom. The predicted molar refractivity (Wildman–Crippen MR) is 92.6 cm³/mol. The monoisotopic (exact) mass is 317 g/mol. The van der Waals surface area contributed by atoms with Crippen molar-refractivity contribution in [3.05, 3.63) is 29.8 Å². The van der Waals surface area contributed by atoms with Crippen LogP contribution in [0.25, 0.3) is 0 Å². The van der Waals surface area contributed by atoms with Gasteiger partial charge in [-0.2, -0.15) is 0 Å². The lowest BCUT2D eigenvalue weighted by molar-refractivity contribution is -0.132. The second-order valence-corrected chi connectivity index (χ2v) is 6.67. The second kappa shape index (κ2) is 7.59. The molecule has 1 aromatic rings. The van der Waals surface area contributed by atoms with Crippen LogP contribution >= 0.6 is 0 Å². The van der Waals surface area contributed by atoms with Gasteiger partial charge in [-0.05, 0) is 44.1 Å². The Morgan fingerprint density at radius 2 is 1.96 bits per heavy atom. The number of carbonyl (C=O) groups is 2. The van der Waals surface area contributed by atoms with Gasteiger partial charge in [-0.1, -0.05) is 26.0 Å². The first-order chi connectivity index (χ1) is 10.9. The maximum Gasteiger partial charge on any atom is 0.239 e. The summed E-state index contributed by atoms with van der Waals surface area (Å²) in [7, 11) is 3.91. The molecule has 23 heavy (non-hydrogen) atoms. The van der Waals surface area contributed by atoms with E-state index in [0.717, 1.165) is 12.2 Å². The zero-order valence-corrected chi connectivity index (χ0v) is 14.5. The second-order valence-electron chi connectivity index (χ2n) is 6.67. The molecule has 0 bridgehead atoms. The van der Waals surface area contributed by atoms with Gasteiger partial charge in [-0.25, -0.2) is 0 Å². The molecule has 2 rings (SSSR count). The first-order valence-electron chi connectivity index (χ1n) is 8.24. The van der Waals surface area contributed by atoms with Gasteiger partial charge in [-0.3, -0.25) is 9.59 Å². The molecule has 0 aromatic heterocycles. The highest BCUT2D eigenvalue weighted by molar-refractivity contribution is 6.09. The molecule has 5 heteroatoms. The minimum absolute atomic E-state index is 0.0929. The van der Waals surface area contributed by atoms with E-state index in [9.17, 15) is 9.59 Å². The van der Waals surface area contributed by atoms with Crippen LogP contribution in [0.4, 0.5) is 5.69 Å². The molecule has 1 fully saturated rings. The Labute approximate surface area is 138 Å². The third-order valence-electron chi connectivity index (χ3n) is 4.25. The highest BCUT2D eigenvalue weighted by Crippen LogP contribution is 2.27. The predicted octanol–water partition coefficient (Wildman–Crippen LogP) is 1.84. The Balaban J connectivity index is 1.96. The molecule has 1 aliphatic rings. The van der Waals surface area contributed by atoms with Crippen LogP contribution in [0.15, 0.2) is 24.3 Å². The van der Waals surface area contributed by atoms with E-state index in [4.69, 9.17) is 0 Å². The highest BCUT2D eigenvalue weighted by Gasteiger charge is 2.37. The summed E-state index contributed by atoms with van der Waals surface area (Å²) in [5.74, 6) is -0.335. The number of rotatable bonds is 6. The molecule has 1 N–H and O–H groups in total. The number of nitrogens with zero attached hydrogens (tertiary/aromatic N) is 2. The smallest absolute Gasteiger partial charge is 0.239 e. The molecule has 5 nitrogen and oxygen atoms in total. The number of hydrogen-bond donors (Lipinski definition) is 1. The average Bonchev–Trinajstić information content (AvgIpc) is 2.88. The molecular formula is C18H27N3O2. The van der Waals surface area contributed by atoms with Gasteiger partial charge in [0.2, 0.25) is 11.8 Å². The van der Waals surface area contributed by atoms with Crippen molar-refractivity contribution in [1.29, 1.82) is 0 Å². The Kier molecular flexibility index (Phi) is 5.77. The molecule has 0 saturated carbocycles. The lowest BCUT2D eigenvalue weighted by Gasteiger charge is -2.18. The van der Waals surface area contributed by atoms with Crippen molar-refractivity contribution in [3.8, 4) is 0 Å². The van der Waals surface area contributed by atoms with Crippen molar-refractivity contribution < 1.29 is 9.59 Å². The van der Waals surface area contributed by atoms with Crippen LogP contribution < -0.4 is 10.2 Å². The summed E-state index contributed by atoms with van der Waals surface area (Å²) >= 11 is 0. The Hall–Kier alpha value is -1.88. The van der Waals surface area contributed by atoms with Gasteiger partial charge < -0.3 is 15.1 Å². The van der Waals surface area contributed by atoms with Crippen molar-refractivity contribution in [2.24, 2.45) is 5.92 Å². The van der Waals surface area contributed by atoms with E-state index in [1.54, 1.807) is 4.90 Å². The lowest BCUT2D eigenvalue weighted by Crippen LogP contribution is -2.39. The maximum absolute atomic E-state index is 12.5. The zero-order valence-electron chi connectivity index (χ0n) is 14.5. The summed E-state index contributed by atoms with van der Waals surface area (Å²) in [6.45, 7) is 6.23. The van der Waals surface area contributed by atoms with Crippen molar-refractivity contribution in [1.82, 2.24) is 10.2 Å². The lowest BCUT2D eigenvalue weighted by atomic mass is 10.0. The topological polar surface area (TPSA) is 52.7 Å². The van der Waals surface area contributed by atoms with E-state index in [1.807, 2.05) is 31.1 Å². The van der Waals surface area contributed by atoms with Crippen LogP contribution in [-0.2, 0) is 9.59 Å². The fraction of sp³-hybridized carbons (Fsp3) is 0.556. The van der Waals surface area contributed by atoms with Crippen LogP contribution in [0.1, 0.15) is 31.7 Å². The molecule has 0 spiro atoms. The number of carbonyl (C=O) groups excluding carboxylic acids is 2. The molecule has 1 aromatic carbocycles. The summed E-state index contributed by atoms with van der Waals surface area (Å²) in [4.78, 5) is 28.4. The molecule has 1 atom stereocenters. The minimum atomic E-state index is -0.554. The first-order valence-corrected chi connectivity index (χ1v) is 8.24. The Morgan fingerprint density at radius 1 is 1.30 bits per heavy atom. The largest absolute Gasteiger partial charge is 0.354 e. The van der Waals surface area contributed by atoms with Crippen LogP contribution in [0.5, 0.6) is 0 Å². The van der Waals surface area contributed by atoms with Crippen molar-refractivity contribution in [3.63, 3.8) is 0 Å². The number of hydrogen-bond acceptors (Lipinski definition) is 3. The third kappa shape index (κ3) is 4.32. The van der Waals surface area contributed by atoms with Crippen molar-refractivity contribution in [2.75, 3.05) is 38.6 Å². The number of nitrogens with one attached hydrogen (secondary N) is 1. The van der Waals surface area contributed by atoms with Gasteiger partial charge in [0.25, 0.3) is 0 Å². The van der Waals surface area contributed by atoms with E-state index in [-0.39, 0.29) is 11.8 Å². The molecule has 1 saturated heterocycles. The minimum Gasteiger partial charge on any atom is -0.354 e. The number of amides is 2. The van der Waals surface area contributed by atoms with Gasteiger partial charge in [0.05, 0.1) is 0 Å². The third-order valence-corrected chi connectivity index (χ3v) is 4.25. The zero-order chi connectivity index (χ0) is 17.0. The fourth-order valence-corrected chi connectivity index (χ4v) is 2.74.